The number of benzene rings is 1. The highest BCUT2D eigenvalue weighted by atomic mass is 127. The molecule has 1 N–H and O–H groups in total. The van der Waals surface area contributed by atoms with E-state index >= 15 is 0 Å². The summed E-state index contributed by atoms with van der Waals surface area (Å²) in [6.07, 6.45) is 0. The molecule has 1 aromatic carbocycles. The Morgan fingerprint density at radius 1 is 1.44 bits per heavy atom. The minimum atomic E-state index is -0.779. The van der Waals surface area contributed by atoms with E-state index in [2.05, 4.69) is 34.7 Å². The van der Waals surface area contributed by atoms with Gasteiger partial charge in [0, 0.05) is 9.61 Å². The van der Waals surface area contributed by atoms with Gasteiger partial charge in [0.1, 0.15) is 0 Å². The fourth-order valence-corrected chi connectivity index (χ4v) is 2.01. The first kappa shape index (κ1) is 13.4. The molecule has 88 valence electrons. The minimum absolute atomic E-state index is 0.0870. The fourth-order valence-electron chi connectivity index (χ4n) is 1.65. The second-order valence-corrected chi connectivity index (χ2v) is 4.93. The molecule has 0 fully saturated rings. The second kappa shape index (κ2) is 6.20. The van der Waals surface area contributed by atoms with E-state index in [0.717, 1.165) is 12.1 Å². The first-order valence-electron chi connectivity index (χ1n) is 5.26. The van der Waals surface area contributed by atoms with Crippen molar-refractivity contribution in [3.63, 3.8) is 0 Å². The van der Waals surface area contributed by atoms with E-state index in [1.54, 1.807) is 0 Å². The maximum Gasteiger partial charge on any atom is 0.317 e. The Labute approximate surface area is 110 Å². The summed E-state index contributed by atoms with van der Waals surface area (Å²) >= 11 is 2.26. The summed E-state index contributed by atoms with van der Waals surface area (Å²) in [5, 5.41) is 8.81. The molecular weight excluding hydrogens is 317 g/mol. The summed E-state index contributed by atoms with van der Waals surface area (Å²) in [5.41, 5.74) is 1.16. The van der Waals surface area contributed by atoms with Crippen molar-refractivity contribution in [2.75, 3.05) is 13.1 Å². The molecule has 0 spiro atoms. The predicted octanol–water partition coefficient (Wildman–Crippen LogP) is 2.76. The van der Waals surface area contributed by atoms with E-state index in [1.807, 2.05) is 30.9 Å². The molecule has 0 heterocycles. The van der Waals surface area contributed by atoms with Gasteiger partial charge in [0.15, 0.2) is 0 Å². The van der Waals surface area contributed by atoms with Gasteiger partial charge in [-0.15, -0.1) is 0 Å². The number of nitrogens with zero attached hydrogens (tertiary/aromatic N) is 1. The maximum absolute atomic E-state index is 10.7. The van der Waals surface area contributed by atoms with E-state index in [0.29, 0.717) is 0 Å². The molecule has 0 saturated heterocycles. The molecule has 4 heteroatoms. The van der Waals surface area contributed by atoms with Crippen molar-refractivity contribution in [3.05, 3.63) is 33.4 Å². The highest BCUT2D eigenvalue weighted by molar-refractivity contribution is 14.1. The quantitative estimate of drug-likeness (QED) is 0.843. The zero-order valence-electron chi connectivity index (χ0n) is 9.48. The summed E-state index contributed by atoms with van der Waals surface area (Å²) in [6.45, 7) is 4.84. The maximum atomic E-state index is 10.7. The molecule has 0 aliphatic heterocycles. The molecule has 0 radical (unpaired) electrons. The first-order chi connectivity index (χ1) is 7.54. The highest BCUT2D eigenvalue weighted by Gasteiger charge is 2.16. The van der Waals surface area contributed by atoms with Crippen LogP contribution in [0.2, 0.25) is 0 Å². The third-order valence-electron chi connectivity index (χ3n) is 2.64. The van der Waals surface area contributed by atoms with E-state index < -0.39 is 5.97 Å². The number of rotatable bonds is 5. The lowest BCUT2D eigenvalue weighted by molar-refractivity contribution is -0.138. The number of carboxylic acids is 1. The summed E-state index contributed by atoms with van der Waals surface area (Å²) in [7, 11) is 0. The van der Waals surface area contributed by atoms with Crippen LogP contribution >= 0.6 is 22.6 Å². The zero-order chi connectivity index (χ0) is 12.1. The average molecular weight is 333 g/mol. The van der Waals surface area contributed by atoms with Crippen molar-refractivity contribution >= 4 is 28.6 Å². The Hall–Kier alpha value is -0.620. The van der Waals surface area contributed by atoms with Crippen LogP contribution in [0.15, 0.2) is 24.3 Å². The normalized spacial score (nSPS) is 12.8. The van der Waals surface area contributed by atoms with Crippen LogP contribution in [0.5, 0.6) is 0 Å². The van der Waals surface area contributed by atoms with Gasteiger partial charge in [0.05, 0.1) is 6.54 Å². The SMILES string of the molecule is CCN(CC(=O)O)C(C)c1ccc(I)cc1. The van der Waals surface area contributed by atoms with Gasteiger partial charge >= 0.3 is 5.97 Å². The van der Waals surface area contributed by atoms with Crippen molar-refractivity contribution in [2.24, 2.45) is 0 Å². The third-order valence-corrected chi connectivity index (χ3v) is 3.36. The number of aliphatic carboxylic acids is 1. The summed E-state index contributed by atoms with van der Waals surface area (Å²) < 4.78 is 1.19. The van der Waals surface area contributed by atoms with Crippen LogP contribution < -0.4 is 0 Å². The Kier molecular flexibility index (Phi) is 5.21. The van der Waals surface area contributed by atoms with Crippen LogP contribution in [0.25, 0.3) is 0 Å². The molecule has 1 unspecified atom stereocenters. The lowest BCUT2D eigenvalue weighted by atomic mass is 10.1. The second-order valence-electron chi connectivity index (χ2n) is 3.68. The van der Waals surface area contributed by atoms with E-state index in [9.17, 15) is 4.79 Å². The Bertz CT molecular complexity index is 351. The van der Waals surface area contributed by atoms with Gasteiger partial charge in [0.25, 0.3) is 0 Å². The Morgan fingerprint density at radius 2 is 2.00 bits per heavy atom. The summed E-state index contributed by atoms with van der Waals surface area (Å²) in [4.78, 5) is 12.7. The molecular formula is C12H16INO2. The van der Waals surface area contributed by atoms with Crippen molar-refractivity contribution in [1.82, 2.24) is 4.90 Å². The van der Waals surface area contributed by atoms with Gasteiger partial charge < -0.3 is 5.11 Å². The zero-order valence-corrected chi connectivity index (χ0v) is 11.6. The number of hydrogen-bond donors (Lipinski definition) is 1. The molecule has 0 bridgehead atoms. The van der Waals surface area contributed by atoms with Crippen LogP contribution in [-0.2, 0) is 4.79 Å². The molecule has 1 aromatic rings. The van der Waals surface area contributed by atoms with Crippen molar-refractivity contribution in [2.45, 2.75) is 19.9 Å². The van der Waals surface area contributed by atoms with E-state index in [-0.39, 0.29) is 12.6 Å². The largest absolute Gasteiger partial charge is 0.480 e. The molecule has 3 nitrogen and oxygen atoms in total. The summed E-state index contributed by atoms with van der Waals surface area (Å²) in [5.74, 6) is -0.779. The van der Waals surface area contributed by atoms with Crippen molar-refractivity contribution < 1.29 is 9.90 Å². The van der Waals surface area contributed by atoms with Gasteiger partial charge in [-0.3, -0.25) is 9.69 Å². The number of carbonyl (C=O) groups is 1. The Morgan fingerprint density at radius 3 is 2.44 bits per heavy atom. The van der Waals surface area contributed by atoms with Gasteiger partial charge in [-0.1, -0.05) is 19.1 Å². The minimum Gasteiger partial charge on any atom is -0.480 e. The molecule has 1 rings (SSSR count). The third kappa shape index (κ3) is 3.75. The molecule has 0 amide bonds. The number of likely N-dealkylation sites (N-methyl/N-ethyl adjacent to an activating group) is 1. The molecule has 1 atom stereocenters. The van der Waals surface area contributed by atoms with Gasteiger partial charge in [-0.05, 0) is 53.8 Å². The van der Waals surface area contributed by atoms with Gasteiger partial charge in [-0.25, -0.2) is 0 Å². The molecule has 0 aliphatic rings. The molecule has 0 aromatic heterocycles. The first-order valence-corrected chi connectivity index (χ1v) is 6.33. The summed E-state index contributed by atoms with van der Waals surface area (Å²) in [6, 6.07) is 8.33. The van der Waals surface area contributed by atoms with Crippen LogP contribution in [0, 0.1) is 3.57 Å². The smallest absolute Gasteiger partial charge is 0.317 e. The number of hydrogen-bond acceptors (Lipinski definition) is 2. The van der Waals surface area contributed by atoms with E-state index in [4.69, 9.17) is 5.11 Å². The van der Waals surface area contributed by atoms with E-state index in [1.165, 1.54) is 3.57 Å². The molecule has 0 saturated carbocycles. The van der Waals surface area contributed by atoms with Gasteiger partial charge in [-0.2, -0.15) is 0 Å². The number of halogens is 1. The standard InChI is InChI=1S/C12H16INO2/c1-3-14(8-12(15)16)9(2)10-4-6-11(13)7-5-10/h4-7,9H,3,8H2,1-2H3,(H,15,16). The molecule has 0 aliphatic carbocycles. The van der Waals surface area contributed by atoms with Crippen molar-refractivity contribution in [3.8, 4) is 0 Å². The van der Waals surface area contributed by atoms with Crippen LogP contribution in [0.4, 0.5) is 0 Å². The van der Waals surface area contributed by atoms with Crippen LogP contribution in [0.3, 0.4) is 0 Å². The Balaban J connectivity index is 2.78. The topological polar surface area (TPSA) is 40.5 Å². The lowest BCUT2D eigenvalue weighted by Gasteiger charge is -2.26. The van der Waals surface area contributed by atoms with Crippen LogP contribution in [-0.4, -0.2) is 29.1 Å². The van der Waals surface area contributed by atoms with Crippen LogP contribution in [0.1, 0.15) is 25.5 Å². The average Bonchev–Trinajstić information content (AvgIpc) is 2.25. The highest BCUT2D eigenvalue weighted by Crippen LogP contribution is 2.20. The molecule has 16 heavy (non-hydrogen) atoms. The monoisotopic (exact) mass is 333 g/mol. The predicted molar refractivity (Wildman–Crippen MR) is 72.5 cm³/mol. The van der Waals surface area contributed by atoms with Gasteiger partial charge in [0.2, 0.25) is 0 Å². The fraction of sp³-hybridized carbons (Fsp3) is 0.417. The lowest BCUT2D eigenvalue weighted by Crippen LogP contribution is -2.32. The number of carboxylic acid groups (broad SMARTS) is 1. The van der Waals surface area contributed by atoms with Crippen molar-refractivity contribution in [1.29, 1.82) is 0 Å².